The molecule has 0 bridgehead atoms. The summed E-state index contributed by atoms with van der Waals surface area (Å²) < 4.78 is 8.86. The molecule has 2 aromatic rings. The number of rotatable bonds is 3. The maximum absolute atomic E-state index is 5.97. The summed E-state index contributed by atoms with van der Waals surface area (Å²) in [4.78, 5) is 0. The van der Waals surface area contributed by atoms with Gasteiger partial charge in [-0.2, -0.15) is 5.10 Å². The highest BCUT2D eigenvalue weighted by Crippen LogP contribution is 2.28. The molecule has 0 spiro atoms. The maximum Gasteiger partial charge on any atom is 0.131 e. The predicted octanol–water partition coefficient (Wildman–Crippen LogP) is 4.68. The molecule has 114 valence electrons. The van der Waals surface area contributed by atoms with E-state index in [1.165, 1.54) is 5.56 Å². The van der Waals surface area contributed by atoms with Crippen molar-refractivity contribution in [3.05, 3.63) is 45.2 Å². The summed E-state index contributed by atoms with van der Waals surface area (Å²) in [5, 5.41) is 4.38. The molecular weight excluding hydrogens is 328 g/mol. The molecule has 0 fully saturated rings. The van der Waals surface area contributed by atoms with Crippen molar-refractivity contribution < 1.29 is 4.74 Å². The van der Waals surface area contributed by atoms with Crippen LogP contribution in [0.2, 0.25) is 0 Å². The second-order valence-electron chi connectivity index (χ2n) is 6.49. The van der Waals surface area contributed by atoms with Crippen LogP contribution in [0.1, 0.15) is 43.3 Å². The molecule has 1 aromatic carbocycles. The second kappa shape index (κ2) is 5.84. The SMILES string of the molecule is Cc1cc(C(C)(C)C)ccc1OCc1c(Br)c(C)nn1C. The molecule has 0 aliphatic rings. The minimum atomic E-state index is 0.158. The Morgan fingerprint density at radius 2 is 1.90 bits per heavy atom. The van der Waals surface area contributed by atoms with Crippen LogP contribution in [0.15, 0.2) is 22.7 Å². The lowest BCUT2D eigenvalue weighted by Gasteiger charge is -2.20. The van der Waals surface area contributed by atoms with E-state index in [2.05, 4.69) is 66.9 Å². The zero-order valence-corrected chi connectivity index (χ0v) is 15.2. The maximum atomic E-state index is 5.97. The molecule has 0 atom stereocenters. The summed E-state index contributed by atoms with van der Waals surface area (Å²) in [6.45, 7) is 11.2. The van der Waals surface area contributed by atoms with Crippen LogP contribution in [0, 0.1) is 13.8 Å². The second-order valence-corrected chi connectivity index (χ2v) is 7.28. The average molecular weight is 351 g/mol. The molecule has 0 unspecified atom stereocenters. The van der Waals surface area contributed by atoms with E-state index in [4.69, 9.17) is 4.74 Å². The van der Waals surface area contributed by atoms with Gasteiger partial charge in [-0.1, -0.05) is 32.9 Å². The van der Waals surface area contributed by atoms with Gasteiger partial charge in [-0.05, 0) is 52.4 Å². The average Bonchev–Trinajstić information content (AvgIpc) is 2.61. The lowest BCUT2D eigenvalue weighted by Crippen LogP contribution is -2.11. The van der Waals surface area contributed by atoms with E-state index in [1.54, 1.807) is 0 Å². The van der Waals surface area contributed by atoms with E-state index in [0.29, 0.717) is 6.61 Å². The number of ether oxygens (including phenoxy) is 1. The summed E-state index contributed by atoms with van der Waals surface area (Å²) in [6, 6.07) is 6.41. The topological polar surface area (TPSA) is 27.1 Å². The van der Waals surface area contributed by atoms with Gasteiger partial charge in [0.05, 0.1) is 15.9 Å². The molecule has 0 aliphatic carbocycles. The van der Waals surface area contributed by atoms with Crippen molar-refractivity contribution in [2.24, 2.45) is 7.05 Å². The van der Waals surface area contributed by atoms with Gasteiger partial charge in [-0.25, -0.2) is 0 Å². The Morgan fingerprint density at radius 3 is 2.38 bits per heavy atom. The smallest absolute Gasteiger partial charge is 0.131 e. The number of hydrogen-bond acceptors (Lipinski definition) is 2. The van der Waals surface area contributed by atoms with Crippen LogP contribution in [0.4, 0.5) is 0 Å². The summed E-state index contributed by atoms with van der Waals surface area (Å²) in [5.74, 6) is 0.925. The number of benzene rings is 1. The fraction of sp³-hybridized carbons (Fsp3) is 0.471. The van der Waals surface area contributed by atoms with E-state index in [1.807, 2.05) is 18.7 Å². The lowest BCUT2D eigenvalue weighted by atomic mass is 9.86. The van der Waals surface area contributed by atoms with Gasteiger partial charge in [0, 0.05) is 7.05 Å². The van der Waals surface area contributed by atoms with Gasteiger partial charge in [0.15, 0.2) is 0 Å². The standard InChI is InChI=1S/C17H23BrN2O/c1-11-9-13(17(3,4)5)7-8-15(11)21-10-14-16(18)12(2)19-20(14)6/h7-9H,10H2,1-6H3. The zero-order valence-electron chi connectivity index (χ0n) is 13.6. The van der Waals surface area contributed by atoms with Crippen LogP contribution < -0.4 is 4.74 Å². The first-order valence-corrected chi connectivity index (χ1v) is 7.91. The van der Waals surface area contributed by atoms with Crippen LogP contribution in [-0.2, 0) is 19.1 Å². The minimum Gasteiger partial charge on any atom is -0.487 e. The Balaban J connectivity index is 2.17. The first kappa shape index (κ1) is 16.1. The van der Waals surface area contributed by atoms with E-state index < -0.39 is 0 Å². The summed E-state index contributed by atoms with van der Waals surface area (Å²) in [5.41, 5.74) is 4.68. The van der Waals surface area contributed by atoms with Crippen molar-refractivity contribution >= 4 is 15.9 Å². The molecule has 1 aromatic heterocycles. The van der Waals surface area contributed by atoms with E-state index in [0.717, 1.165) is 27.2 Å². The molecule has 0 saturated heterocycles. The highest BCUT2D eigenvalue weighted by Gasteiger charge is 2.16. The fourth-order valence-corrected chi connectivity index (χ4v) is 2.71. The third kappa shape index (κ3) is 3.49. The number of halogens is 1. The minimum absolute atomic E-state index is 0.158. The predicted molar refractivity (Wildman–Crippen MR) is 89.9 cm³/mol. The summed E-state index contributed by atoms with van der Waals surface area (Å²) in [7, 11) is 1.94. The van der Waals surface area contributed by atoms with Crippen molar-refractivity contribution in [3.63, 3.8) is 0 Å². The molecule has 0 radical (unpaired) electrons. The van der Waals surface area contributed by atoms with Crippen molar-refractivity contribution in [3.8, 4) is 5.75 Å². The molecule has 0 amide bonds. The van der Waals surface area contributed by atoms with E-state index in [9.17, 15) is 0 Å². The zero-order chi connectivity index (χ0) is 15.8. The quantitative estimate of drug-likeness (QED) is 0.803. The van der Waals surface area contributed by atoms with Crippen LogP contribution in [0.5, 0.6) is 5.75 Å². The van der Waals surface area contributed by atoms with Crippen molar-refractivity contribution in [2.75, 3.05) is 0 Å². The lowest BCUT2D eigenvalue weighted by molar-refractivity contribution is 0.292. The molecule has 3 nitrogen and oxygen atoms in total. The largest absolute Gasteiger partial charge is 0.487 e. The van der Waals surface area contributed by atoms with Crippen LogP contribution >= 0.6 is 15.9 Å². The van der Waals surface area contributed by atoms with E-state index in [-0.39, 0.29) is 5.41 Å². The van der Waals surface area contributed by atoms with E-state index >= 15 is 0 Å². The number of nitrogens with zero attached hydrogens (tertiary/aromatic N) is 2. The molecule has 0 saturated carbocycles. The van der Waals surface area contributed by atoms with Crippen LogP contribution in [0.25, 0.3) is 0 Å². The summed E-state index contributed by atoms with van der Waals surface area (Å²) in [6.07, 6.45) is 0. The van der Waals surface area contributed by atoms with Crippen molar-refractivity contribution in [2.45, 2.75) is 46.6 Å². The van der Waals surface area contributed by atoms with Gasteiger partial charge >= 0.3 is 0 Å². The Hall–Kier alpha value is -1.29. The molecule has 0 aliphatic heterocycles. The van der Waals surface area contributed by atoms with Gasteiger partial charge in [0.2, 0.25) is 0 Å². The van der Waals surface area contributed by atoms with Gasteiger partial charge < -0.3 is 4.74 Å². The normalized spacial score (nSPS) is 11.8. The molecule has 21 heavy (non-hydrogen) atoms. The molecule has 0 N–H and O–H groups in total. The molecule has 2 rings (SSSR count). The first-order valence-electron chi connectivity index (χ1n) is 7.12. The Kier molecular flexibility index (Phi) is 4.47. The molecular formula is C17H23BrN2O. The van der Waals surface area contributed by atoms with Gasteiger partial charge in [0.1, 0.15) is 12.4 Å². The highest BCUT2D eigenvalue weighted by atomic mass is 79.9. The molecule has 4 heteroatoms. The van der Waals surface area contributed by atoms with Gasteiger partial charge in [0.25, 0.3) is 0 Å². The van der Waals surface area contributed by atoms with Crippen molar-refractivity contribution in [1.82, 2.24) is 9.78 Å². The first-order chi connectivity index (χ1) is 9.70. The van der Waals surface area contributed by atoms with Crippen molar-refractivity contribution in [1.29, 1.82) is 0 Å². The van der Waals surface area contributed by atoms with Crippen LogP contribution in [0.3, 0.4) is 0 Å². The monoisotopic (exact) mass is 350 g/mol. The van der Waals surface area contributed by atoms with Gasteiger partial charge in [-0.15, -0.1) is 0 Å². The fourth-order valence-electron chi connectivity index (χ4n) is 2.26. The Bertz CT molecular complexity index is 654. The third-order valence-electron chi connectivity index (χ3n) is 3.67. The highest BCUT2D eigenvalue weighted by molar-refractivity contribution is 9.10. The number of hydrogen-bond donors (Lipinski definition) is 0. The van der Waals surface area contributed by atoms with Crippen LogP contribution in [-0.4, -0.2) is 9.78 Å². The number of aryl methyl sites for hydroxylation is 3. The third-order valence-corrected chi connectivity index (χ3v) is 4.70. The molecule has 1 heterocycles. The number of aromatic nitrogens is 2. The summed E-state index contributed by atoms with van der Waals surface area (Å²) >= 11 is 3.57. The Labute approximate surface area is 135 Å². The Morgan fingerprint density at radius 1 is 1.24 bits per heavy atom. The van der Waals surface area contributed by atoms with Gasteiger partial charge in [-0.3, -0.25) is 4.68 Å².